The molecule has 0 radical (unpaired) electrons. The molecule has 0 aromatic carbocycles. The van der Waals surface area contributed by atoms with Gasteiger partial charge in [0.25, 0.3) is 5.91 Å². The third-order valence-corrected chi connectivity index (χ3v) is 6.36. The van der Waals surface area contributed by atoms with Crippen molar-refractivity contribution >= 4 is 16.9 Å². The fourth-order valence-corrected chi connectivity index (χ4v) is 4.68. The first-order valence-corrected chi connectivity index (χ1v) is 10.7. The highest BCUT2D eigenvalue weighted by Crippen LogP contribution is 2.44. The van der Waals surface area contributed by atoms with E-state index in [0.717, 1.165) is 41.6 Å². The number of hydrogen-bond acceptors (Lipinski definition) is 4. The molecule has 0 saturated heterocycles. The number of aromatic nitrogens is 3. The highest BCUT2D eigenvalue weighted by atomic mass is 16.5. The fraction of sp³-hybridized carbons (Fsp3) is 0.458. The van der Waals surface area contributed by atoms with Crippen molar-refractivity contribution in [2.75, 3.05) is 20.7 Å². The lowest BCUT2D eigenvalue weighted by molar-refractivity contribution is -0.0162. The van der Waals surface area contributed by atoms with Crippen LogP contribution in [-0.2, 0) is 10.2 Å². The third-order valence-electron chi connectivity index (χ3n) is 6.36. The number of nitrogens with one attached hydrogen (secondary N) is 1. The topological polar surface area (TPSA) is 71.1 Å². The number of aromatic amines is 1. The van der Waals surface area contributed by atoms with Crippen LogP contribution < -0.4 is 0 Å². The molecule has 1 N–H and O–H groups in total. The zero-order valence-electron chi connectivity index (χ0n) is 18.2. The van der Waals surface area contributed by atoms with Crippen molar-refractivity contribution in [1.29, 1.82) is 0 Å². The summed E-state index contributed by atoms with van der Waals surface area (Å²) in [7, 11) is 3.49. The van der Waals surface area contributed by atoms with Gasteiger partial charge in [0.05, 0.1) is 11.7 Å². The molecule has 1 aliphatic rings. The van der Waals surface area contributed by atoms with Crippen molar-refractivity contribution in [2.24, 2.45) is 0 Å². The van der Waals surface area contributed by atoms with Crippen molar-refractivity contribution in [3.05, 3.63) is 48.0 Å². The van der Waals surface area contributed by atoms with Crippen molar-refractivity contribution in [2.45, 2.75) is 51.0 Å². The van der Waals surface area contributed by atoms with Crippen LogP contribution in [0.2, 0.25) is 0 Å². The molecule has 1 aliphatic carbocycles. The van der Waals surface area contributed by atoms with Crippen LogP contribution in [-0.4, -0.2) is 52.6 Å². The number of hydrogen-bond donors (Lipinski definition) is 1. The van der Waals surface area contributed by atoms with E-state index in [1.54, 1.807) is 31.4 Å². The SMILES string of the molecule is CCOC1CCCCC1(C)c1c[nH]c2ncc(-c3cncc(C(=O)N(C)C)c3)cc12. The van der Waals surface area contributed by atoms with E-state index in [-0.39, 0.29) is 17.4 Å². The monoisotopic (exact) mass is 406 g/mol. The summed E-state index contributed by atoms with van der Waals surface area (Å²) in [5.41, 5.74) is 4.51. The summed E-state index contributed by atoms with van der Waals surface area (Å²) in [5, 5.41) is 1.12. The zero-order valence-corrected chi connectivity index (χ0v) is 18.2. The van der Waals surface area contributed by atoms with E-state index in [9.17, 15) is 4.79 Å². The van der Waals surface area contributed by atoms with Crippen molar-refractivity contribution in [1.82, 2.24) is 19.9 Å². The molecule has 4 rings (SSSR count). The van der Waals surface area contributed by atoms with Crippen LogP contribution in [0.15, 0.2) is 36.9 Å². The van der Waals surface area contributed by atoms with Gasteiger partial charge in [0, 0.05) is 67.4 Å². The van der Waals surface area contributed by atoms with Gasteiger partial charge >= 0.3 is 0 Å². The number of carbonyl (C=O) groups is 1. The van der Waals surface area contributed by atoms with Gasteiger partial charge in [-0.15, -0.1) is 0 Å². The van der Waals surface area contributed by atoms with E-state index in [1.807, 2.05) is 12.3 Å². The predicted octanol–water partition coefficient (Wildman–Crippen LogP) is 4.56. The molecule has 0 bridgehead atoms. The van der Waals surface area contributed by atoms with Crippen LogP contribution in [0.4, 0.5) is 0 Å². The van der Waals surface area contributed by atoms with E-state index in [4.69, 9.17) is 4.74 Å². The van der Waals surface area contributed by atoms with Gasteiger partial charge in [0.2, 0.25) is 0 Å². The standard InChI is InChI=1S/C24H30N4O2/c1-5-30-21-8-6-7-9-24(21,2)20-15-27-22-19(20)11-17(14-26-22)16-10-18(13-25-12-16)23(29)28(3)4/h10-15,21H,5-9H2,1-4H3,(H,26,27). The highest BCUT2D eigenvalue weighted by molar-refractivity contribution is 5.95. The molecule has 6 nitrogen and oxygen atoms in total. The summed E-state index contributed by atoms with van der Waals surface area (Å²) in [5.74, 6) is -0.0602. The Morgan fingerprint density at radius 2 is 2.03 bits per heavy atom. The lowest BCUT2D eigenvalue weighted by Gasteiger charge is -2.41. The molecular formula is C24H30N4O2. The fourth-order valence-electron chi connectivity index (χ4n) is 4.68. The predicted molar refractivity (Wildman–Crippen MR) is 119 cm³/mol. The number of rotatable bonds is 5. The average Bonchev–Trinajstić information content (AvgIpc) is 3.19. The minimum absolute atomic E-state index is 0.0478. The van der Waals surface area contributed by atoms with E-state index in [2.05, 4.69) is 41.1 Å². The van der Waals surface area contributed by atoms with Gasteiger partial charge < -0.3 is 14.6 Å². The number of fused-ring (bicyclic) bond motifs is 1. The molecule has 6 heteroatoms. The molecule has 1 amide bonds. The molecule has 2 unspecified atom stereocenters. The molecule has 30 heavy (non-hydrogen) atoms. The van der Waals surface area contributed by atoms with Gasteiger partial charge in [0.15, 0.2) is 0 Å². The van der Waals surface area contributed by atoms with Crippen molar-refractivity contribution < 1.29 is 9.53 Å². The molecule has 1 fully saturated rings. The second kappa shape index (κ2) is 8.19. The lowest BCUT2D eigenvalue weighted by Crippen LogP contribution is -2.41. The van der Waals surface area contributed by atoms with Gasteiger partial charge in [-0.25, -0.2) is 4.98 Å². The Hall–Kier alpha value is -2.73. The molecule has 2 atom stereocenters. The van der Waals surface area contributed by atoms with E-state index >= 15 is 0 Å². The van der Waals surface area contributed by atoms with Gasteiger partial charge in [0.1, 0.15) is 5.65 Å². The van der Waals surface area contributed by atoms with Crippen LogP contribution in [0.5, 0.6) is 0 Å². The smallest absolute Gasteiger partial charge is 0.254 e. The molecule has 3 aromatic heterocycles. The minimum Gasteiger partial charge on any atom is -0.378 e. The van der Waals surface area contributed by atoms with Gasteiger partial charge in [-0.1, -0.05) is 19.8 Å². The Kier molecular flexibility index (Phi) is 5.60. The Bertz CT molecular complexity index is 1060. The third kappa shape index (κ3) is 3.60. The normalized spacial score (nSPS) is 21.7. The molecular weight excluding hydrogens is 376 g/mol. The minimum atomic E-state index is -0.0602. The maximum absolute atomic E-state index is 12.4. The summed E-state index contributed by atoms with van der Waals surface area (Å²) >= 11 is 0. The highest BCUT2D eigenvalue weighted by Gasteiger charge is 2.40. The Morgan fingerprint density at radius 1 is 1.23 bits per heavy atom. The second-order valence-corrected chi connectivity index (χ2v) is 8.59. The number of ether oxygens (including phenoxy) is 1. The largest absolute Gasteiger partial charge is 0.378 e. The number of pyridine rings is 2. The first-order valence-electron chi connectivity index (χ1n) is 10.7. The summed E-state index contributed by atoms with van der Waals surface area (Å²) in [6.07, 6.45) is 12.1. The number of amides is 1. The van der Waals surface area contributed by atoms with Crippen LogP contribution >= 0.6 is 0 Å². The Balaban J connectivity index is 1.77. The Labute approximate surface area is 177 Å². The van der Waals surface area contributed by atoms with Crippen LogP contribution in [0.1, 0.15) is 55.5 Å². The number of H-pyrrole nitrogens is 1. The maximum Gasteiger partial charge on any atom is 0.254 e. The summed E-state index contributed by atoms with van der Waals surface area (Å²) < 4.78 is 6.16. The van der Waals surface area contributed by atoms with Crippen LogP contribution in [0.3, 0.4) is 0 Å². The quantitative estimate of drug-likeness (QED) is 0.674. The first kappa shape index (κ1) is 20.5. The number of carbonyl (C=O) groups excluding carboxylic acids is 1. The van der Waals surface area contributed by atoms with Crippen molar-refractivity contribution in [3.63, 3.8) is 0 Å². The van der Waals surface area contributed by atoms with Crippen molar-refractivity contribution in [3.8, 4) is 11.1 Å². The molecule has 0 aliphatic heterocycles. The summed E-state index contributed by atoms with van der Waals surface area (Å²) in [6, 6.07) is 4.05. The Morgan fingerprint density at radius 3 is 2.80 bits per heavy atom. The van der Waals surface area contributed by atoms with Gasteiger partial charge in [-0.2, -0.15) is 0 Å². The van der Waals surface area contributed by atoms with E-state index in [0.29, 0.717) is 5.56 Å². The molecule has 1 saturated carbocycles. The zero-order chi connectivity index (χ0) is 21.3. The van der Waals surface area contributed by atoms with Crippen LogP contribution in [0, 0.1) is 0 Å². The first-order chi connectivity index (χ1) is 14.4. The average molecular weight is 407 g/mol. The lowest BCUT2D eigenvalue weighted by atomic mass is 9.68. The van der Waals surface area contributed by atoms with Gasteiger partial charge in [-0.05, 0) is 37.5 Å². The van der Waals surface area contributed by atoms with Gasteiger partial charge in [-0.3, -0.25) is 9.78 Å². The second-order valence-electron chi connectivity index (χ2n) is 8.59. The number of nitrogens with zero attached hydrogens (tertiary/aromatic N) is 3. The van der Waals surface area contributed by atoms with E-state index in [1.165, 1.54) is 18.4 Å². The summed E-state index contributed by atoms with van der Waals surface area (Å²) in [6.45, 7) is 5.11. The van der Waals surface area contributed by atoms with Crippen LogP contribution in [0.25, 0.3) is 22.2 Å². The van der Waals surface area contributed by atoms with E-state index < -0.39 is 0 Å². The molecule has 3 aromatic rings. The molecule has 158 valence electrons. The molecule has 0 spiro atoms. The summed E-state index contributed by atoms with van der Waals surface area (Å²) in [4.78, 5) is 26.2. The maximum atomic E-state index is 12.4. The molecule has 3 heterocycles.